The first-order valence-corrected chi connectivity index (χ1v) is 9.92. The number of fused-ring (bicyclic) bond motifs is 3. The molecule has 2 aromatic carbocycles. The molecule has 0 aliphatic rings. The number of nitrogens with zero attached hydrogens (tertiary/aromatic N) is 2. The molecule has 4 aromatic rings. The number of nitrogens with one attached hydrogen (secondary N) is 1. The Labute approximate surface area is 170 Å². The Balaban J connectivity index is 1.95. The van der Waals surface area contributed by atoms with Crippen LogP contribution in [0.5, 0.6) is 5.75 Å². The van der Waals surface area contributed by atoms with Crippen LogP contribution in [-0.2, 0) is 0 Å². The normalized spacial score (nSPS) is 11.2. The average molecular weight is 387 g/mol. The minimum absolute atomic E-state index is 0.0537. The van der Waals surface area contributed by atoms with E-state index < -0.39 is 0 Å². The van der Waals surface area contributed by atoms with Crippen LogP contribution < -0.4 is 4.74 Å². The molecule has 5 heteroatoms. The zero-order valence-electron chi connectivity index (χ0n) is 17.2. The number of H-pyrrole nitrogens is 1. The molecule has 0 saturated carbocycles. The van der Waals surface area contributed by atoms with E-state index in [0.717, 1.165) is 44.4 Å². The van der Waals surface area contributed by atoms with Crippen molar-refractivity contribution in [2.24, 2.45) is 0 Å². The maximum absolute atomic E-state index is 12.9. The Bertz CT molecular complexity index is 1210. The molecule has 2 aromatic heterocycles. The van der Waals surface area contributed by atoms with E-state index in [2.05, 4.69) is 22.1 Å². The molecule has 0 bridgehead atoms. The highest BCUT2D eigenvalue weighted by Crippen LogP contribution is 2.39. The van der Waals surface area contributed by atoms with E-state index in [1.165, 1.54) is 0 Å². The molecule has 0 spiro atoms. The van der Waals surface area contributed by atoms with Gasteiger partial charge in [-0.15, -0.1) is 0 Å². The number of aryl methyl sites for hydroxylation is 1. The van der Waals surface area contributed by atoms with E-state index >= 15 is 0 Å². The van der Waals surface area contributed by atoms with Crippen molar-refractivity contribution >= 4 is 27.8 Å². The maximum Gasteiger partial charge on any atom is 0.253 e. The second kappa shape index (κ2) is 7.59. The number of carbonyl (C=O) groups is 1. The van der Waals surface area contributed by atoms with Crippen molar-refractivity contribution in [2.45, 2.75) is 20.8 Å². The molecule has 0 aliphatic carbocycles. The summed E-state index contributed by atoms with van der Waals surface area (Å²) in [5, 5.41) is 2.11. The highest BCUT2D eigenvalue weighted by Gasteiger charge is 2.17. The number of rotatable bonds is 5. The maximum atomic E-state index is 12.9. The van der Waals surface area contributed by atoms with Crippen LogP contribution in [0.25, 0.3) is 33.1 Å². The number of benzene rings is 2. The van der Waals surface area contributed by atoms with Crippen LogP contribution in [0.4, 0.5) is 0 Å². The molecule has 1 N–H and O–H groups in total. The van der Waals surface area contributed by atoms with Crippen molar-refractivity contribution in [3.63, 3.8) is 0 Å². The first kappa shape index (κ1) is 19.0. The van der Waals surface area contributed by atoms with Crippen LogP contribution in [0.1, 0.15) is 29.8 Å². The summed E-state index contributed by atoms with van der Waals surface area (Å²) in [6.45, 7) is 7.42. The van der Waals surface area contributed by atoms with Gasteiger partial charge in [0, 0.05) is 35.6 Å². The monoisotopic (exact) mass is 387 g/mol. The molecule has 0 radical (unpaired) electrons. The number of ether oxygens (including phenoxy) is 1. The molecular formula is C24H25N3O2. The third kappa shape index (κ3) is 3.23. The van der Waals surface area contributed by atoms with E-state index in [0.29, 0.717) is 18.7 Å². The Hall–Kier alpha value is -3.34. The van der Waals surface area contributed by atoms with Gasteiger partial charge in [-0.2, -0.15) is 0 Å². The Morgan fingerprint density at radius 1 is 1.14 bits per heavy atom. The minimum atomic E-state index is 0.0537. The molecule has 4 rings (SSSR count). The number of hydrogen-bond donors (Lipinski definition) is 1. The lowest BCUT2D eigenvalue weighted by molar-refractivity contribution is 0.0773. The molecule has 5 nitrogen and oxygen atoms in total. The van der Waals surface area contributed by atoms with Crippen molar-refractivity contribution in [2.75, 3.05) is 20.2 Å². The number of amides is 1. The van der Waals surface area contributed by atoms with Crippen molar-refractivity contribution in [1.82, 2.24) is 14.9 Å². The smallest absolute Gasteiger partial charge is 0.253 e. The lowest BCUT2D eigenvalue weighted by Crippen LogP contribution is -2.30. The van der Waals surface area contributed by atoms with Crippen LogP contribution in [0.15, 0.2) is 48.7 Å². The van der Waals surface area contributed by atoms with E-state index in [9.17, 15) is 4.79 Å². The SMILES string of the molecule is CCN(CC)C(=O)c1cccc(-c2ccc(OC)c3[nH]c4ncc(C)cc4c23)c1. The van der Waals surface area contributed by atoms with Gasteiger partial charge in [0.25, 0.3) is 5.91 Å². The number of carbonyl (C=O) groups excluding carboxylic acids is 1. The summed E-state index contributed by atoms with van der Waals surface area (Å²) in [5.74, 6) is 0.827. The summed E-state index contributed by atoms with van der Waals surface area (Å²) < 4.78 is 5.58. The van der Waals surface area contributed by atoms with Gasteiger partial charge < -0.3 is 14.6 Å². The van der Waals surface area contributed by atoms with Gasteiger partial charge in [0.2, 0.25) is 0 Å². The number of pyridine rings is 1. The van der Waals surface area contributed by atoms with E-state index in [1.54, 1.807) is 7.11 Å². The number of methoxy groups -OCH3 is 1. The van der Waals surface area contributed by atoms with Gasteiger partial charge in [-0.3, -0.25) is 4.79 Å². The number of aromatic amines is 1. The standard InChI is InChI=1S/C24H25N3O2/c1-5-27(6-2)24(28)17-9-7-8-16(13-17)18-10-11-20(29-4)22-21(18)19-12-15(3)14-25-23(19)26-22/h7-14H,5-6H2,1-4H3,(H,25,26). The lowest BCUT2D eigenvalue weighted by Gasteiger charge is -2.19. The zero-order valence-corrected chi connectivity index (χ0v) is 17.2. The highest BCUT2D eigenvalue weighted by molar-refractivity contribution is 6.15. The summed E-state index contributed by atoms with van der Waals surface area (Å²) in [6, 6.07) is 14.0. The zero-order chi connectivity index (χ0) is 20.5. The van der Waals surface area contributed by atoms with E-state index in [4.69, 9.17) is 4.74 Å². The van der Waals surface area contributed by atoms with Crippen LogP contribution in [0, 0.1) is 6.92 Å². The summed E-state index contributed by atoms with van der Waals surface area (Å²) in [7, 11) is 1.67. The summed E-state index contributed by atoms with van der Waals surface area (Å²) >= 11 is 0. The van der Waals surface area contributed by atoms with Crippen LogP contribution in [0.2, 0.25) is 0 Å². The molecule has 0 saturated heterocycles. The van der Waals surface area contributed by atoms with Gasteiger partial charge in [0.1, 0.15) is 11.4 Å². The van der Waals surface area contributed by atoms with Gasteiger partial charge >= 0.3 is 0 Å². The van der Waals surface area contributed by atoms with E-state index in [1.807, 2.05) is 62.2 Å². The average Bonchev–Trinajstić information content (AvgIpc) is 3.12. The Morgan fingerprint density at radius 2 is 1.93 bits per heavy atom. The van der Waals surface area contributed by atoms with Crippen molar-refractivity contribution in [3.05, 3.63) is 59.8 Å². The molecule has 148 valence electrons. The first-order chi connectivity index (χ1) is 14.1. The quantitative estimate of drug-likeness (QED) is 0.513. The molecular weight excluding hydrogens is 362 g/mol. The summed E-state index contributed by atoms with van der Waals surface area (Å²) in [5.41, 5.74) is 5.58. The van der Waals surface area contributed by atoms with Gasteiger partial charge in [0.05, 0.1) is 12.6 Å². The highest BCUT2D eigenvalue weighted by atomic mass is 16.5. The van der Waals surface area contributed by atoms with Crippen molar-refractivity contribution in [3.8, 4) is 16.9 Å². The summed E-state index contributed by atoms with van der Waals surface area (Å²) in [4.78, 5) is 22.6. The van der Waals surface area contributed by atoms with Gasteiger partial charge in [-0.1, -0.05) is 12.1 Å². The topological polar surface area (TPSA) is 58.2 Å². The van der Waals surface area contributed by atoms with Crippen LogP contribution >= 0.6 is 0 Å². The minimum Gasteiger partial charge on any atom is -0.495 e. The molecule has 0 unspecified atom stereocenters. The molecule has 29 heavy (non-hydrogen) atoms. The lowest BCUT2D eigenvalue weighted by atomic mass is 9.97. The van der Waals surface area contributed by atoms with E-state index in [-0.39, 0.29) is 5.91 Å². The molecule has 0 atom stereocenters. The second-order valence-corrected chi connectivity index (χ2v) is 7.16. The van der Waals surface area contributed by atoms with Crippen molar-refractivity contribution in [1.29, 1.82) is 0 Å². The van der Waals surface area contributed by atoms with Crippen LogP contribution in [-0.4, -0.2) is 41.0 Å². The summed E-state index contributed by atoms with van der Waals surface area (Å²) in [6.07, 6.45) is 1.85. The van der Waals surface area contributed by atoms with Crippen molar-refractivity contribution < 1.29 is 9.53 Å². The fourth-order valence-corrected chi connectivity index (χ4v) is 3.89. The van der Waals surface area contributed by atoms with Gasteiger partial charge in [-0.25, -0.2) is 4.98 Å². The van der Waals surface area contributed by atoms with Gasteiger partial charge in [0.15, 0.2) is 0 Å². The number of hydrogen-bond acceptors (Lipinski definition) is 3. The fourth-order valence-electron chi connectivity index (χ4n) is 3.89. The largest absolute Gasteiger partial charge is 0.495 e. The van der Waals surface area contributed by atoms with Crippen LogP contribution in [0.3, 0.4) is 0 Å². The third-order valence-corrected chi connectivity index (χ3v) is 5.40. The molecule has 0 aliphatic heterocycles. The Kier molecular flexibility index (Phi) is 4.97. The molecule has 0 fully saturated rings. The predicted octanol–water partition coefficient (Wildman–Crippen LogP) is 5.18. The molecule has 1 amide bonds. The molecule has 2 heterocycles. The number of aromatic nitrogens is 2. The predicted molar refractivity (Wildman–Crippen MR) is 118 cm³/mol. The Morgan fingerprint density at radius 3 is 2.66 bits per heavy atom. The first-order valence-electron chi connectivity index (χ1n) is 9.92. The third-order valence-electron chi connectivity index (χ3n) is 5.40. The fraction of sp³-hybridized carbons (Fsp3) is 0.250. The van der Waals surface area contributed by atoms with Gasteiger partial charge in [-0.05, 0) is 67.8 Å². The second-order valence-electron chi connectivity index (χ2n) is 7.16.